The minimum absolute atomic E-state index is 0.336. The molecular weight excluding hydrogens is 300 g/mol. The van der Waals surface area contributed by atoms with Crippen molar-refractivity contribution in [3.8, 4) is 12.1 Å². The number of nitriles is 2. The Morgan fingerprint density at radius 1 is 1.08 bits per heavy atom. The van der Waals surface area contributed by atoms with Crippen molar-refractivity contribution < 1.29 is 0 Å². The molecule has 3 heterocycles. The van der Waals surface area contributed by atoms with Crippen molar-refractivity contribution in [2.75, 3.05) is 10.2 Å². The van der Waals surface area contributed by atoms with Crippen molar-refractivity contribution in [1.82, 2.24) is 4.98 Å². The van der Waals surface area contributed by atoms with Crippen molar-refractivity contribution in [2.24, 2.45) is 5.73 Å². The highest BCUT2D eigenvalue weighted by molar-refractivity contribution is 5.87. The van der Waals surface area contributed by atoms with Crippen molar-refractivity contribution >= 4 is 11.4 Å². The smallest absolute Gasteiger partial charge is 0.146 e. The zero-order chi connectivity index (χ0) is 16.7. The maximum absolute atomic E-state index is 9.77. The van der Waals surface area contributed by atoms with Gasteiger partial charge in [-0.1, -0.05) is 12.1 Å². The van der Waals surface area contributed by atoms with Gasteiger partial charge in [0.2, 0.25) is 0 Å². The van der Waals surface area contributed by atoms with Crippen LogP contribution in [0.25, 0.3) is 0 Å². The Morgan fingerprint density at radius 2 is 1.83 bits per heavy atom. The van der Waals surface area contributed by atoms with E-state index in [1.54, 1.807) is 17.3 Å². The molecule has 0 spiro atoms. The third-order valence-electron chi connectivity index (χ3n) is 4.24. The first-order valence-electron chi connectivity index (χ1n) is 7.36. The minimum atomic E-state index is -0.472. The monoisotopic (exact) mass is 312 g/mol. The summed E-state index contributed by atoms with van der Waals surface area (Å²) >= 11 is 0. The zero-order valence-corrected chi connectivity index (χ0v) is 12.6. The predicted molar refractivity (Wildman–Crippen MR) is 89.0 cm³/mol. The molecular formula is C18H12N6. The van der Waals surface area contributed by atoms with Crippen LogP contribution in [-0.2, 0) is 0 Å². The quantitative estimate of drug-likeness (QED) is 0.839. The lowest BCUT2D eigenvalue weighted by Gasteiger charge is -2.31. The molecule has 3 N–H and O–H groups in total. The number of rotatable bonds is 1. The van der Waals surface area contributed by atoms with Crippen LogP contribution < -0.4 is 16.0 Å². The van der Waals surface area contributed by atoms with Crippen LogP contribution in [0.15, 0.2) is 71.6 Å². The van der Waals surface area contributed by atoms with Crippen LogP contribution in [-0.4, -0.2) is 4.98 Å². The normalized spacial score (nSPS) is 18.4. The Labute approximate surface area is 138 Å². The average Bonchev–Trinajstić information content (AvgIpc) is 3.00. The molecule has 24 heavy (non-hydrogen) atoms. The Bertz CT molecular complexity index is 975. The van der Waals surface area contributed by atoms with Gasteiger partial charge in [0.05, 0.1) is 34.6 Å². The SMILES string of the molecule is N#CC1=C2Nc3ccccc3N2C(C#N)=C(N)C1c1ccncc1. The average molecular weight is 312 g/mol. The fourth-order valence-electron chi connectivity index (χ4n) is 3.19. The molecule has 1 atom stereocenters. The summed E-state index contributed by atoms with van der Waals surface area (Å²) in [6.45, 7) is 0. The van der Waals surface area contributed by atoms with E-state index in [4.69, 9.17) is 5.73 Å². The number of hydrogen-bond acceptors (Lipinski definition) is 6. The summed E-state index contributed by atoms with van der Waals surface area (Å²) in [5, 5.41) is 22.7. The number of fused-ring (bicyclic) bond motifs is 3. The van der Waals surface area contributed by atoms with Gasteiger partial charge in [0.25, 0.3) is 0 Å². The summed E-state index contributed by atoms with van der Waals surface area (Å²) in [5.74, 6) is 0.118. The van der Waals surface area contributed by atoms with Crippen molar-refractivity contribution in [1.29, 1.82) is 10.5 Å². The van der Waals surface area contributed by atoms with Gasteiger partial charge in [-0.3, -0.25) is 9.88 Å². The molecule has 0 fully saturated rings. The lowest BCUT2D eigenvalue weighted by Crippen LogP contribution is -2.33. The van der Waals surface area contributed by atoms with Gasteiger partial charge >= 0.3 is 0 Å². The Kier molecular flexibility index (Phi) is 2.97. The summed E-state index contributed by atoms with van der Waals surface area (Å²) in [6.07, 6.45) is 3.30. The van der Waals surface area contributed by atoms with Crippen LogP contribution in [0.2, 0.25) is 0 Å². The first-order valence-corrected chi connectivity index (χ1v) is 7.36. The number of benzene rings is 1. The number of nitrogens with zero attached hydrogens (tertiary/aromatic N) is 4. The molecule has 1 aromatic carbocycles. The molecule has 0 bridgehead atoms. The largest absolute Gasteiger partial charge is 0.399 e. The molecule has 1 aromatic heterocycles. The Balaban J connectivity index is 1.99. The van der Waals surface area contributed by atoms with Gasteiger partial charge in [0, 0.05) is 12.4 Å². The molecule has 0 amide bonds. The predicted octanol–water partition coefficient (Wildman–Crippen LogP) is 2.54. The van der Waals surface area contributed by atoms with Crippen LogP contribution in [0, 0.1) is 22.7 Å². The van der Waals surface area contributed by atoms with Crippen LogP contribution in [0.3, 0.4) is 0 Å². The topological polar surface area (TPSA) is 102 Å². The summed E-state index contributed by atoms with van der Waals surface area (Å²) in [6, 6.07) is 15.7. The third-order valence-corrected chi connectivity index (χ3v) is 4.24. The molecule has 6 nitrogen and oxygen atoms in total. The fraction of sp³-hybridized carbons (Fsp3) is 0.0556. The van der Waals surface area contributed by atoms with Crippen molar-refractivity contribution in [3.05, 3.63) is 77.1 Å². The van der Waals surface area contributed by atoms with Gasteiger partial charge in [0.15, 0.2) is 0 Å². The molecule has 0 aliphatic carbocycles. The highest BCUT2D eigenvalue weighted by atomic mass is 15.3. The first kappa shape index (κ1) is 13.9. The van der Waals surface area contributed by atoms with Gasteiger partial charge < -0.3 is 11.1 Å². The minimum Gasteiger partial charge on any atom is -0.399 e. The van der Waals surface area contributed by atoms with Gasteiger partial charge in [-0.15, -0.1) is 0 Å². The summed E-state index contributed by atoms with van der Waals surface area (Å²) < 4.78 is 0. The van der Waals surface area contributed by atoms with Gasteiger partial charge in [-0.2, -0.15) is 10.5 Å². The molecule has 114 valence electrons. The van der Waals surface area contributed by atoms with E-state index in [9.17, 15) is 10.5 Å². The molecule has 0 saturated heterocycles. The molecule has 2 aliphatic rings. The fourth-order valence-corrected chi connectivity index (χ4v) is 3.19. The van der Waals surface area contributed by atoms with E-state index in [1.165, 1.54) is 0 Å². The number of aromatic nitrogens is 1. The first-order chi connectivity index (χ1) is 11.8. The van der Waals surface area contributed by atoms with Crippen LogP contribution in [0.5, 0.6) is 0 Å². The summed E-state index contributed by atoms with van der Waals surface area (Å²) in [5.41, 5.74) is 9.99. The summed E-state index contributed by atoms with van der Waals surface area (Å²) in [4.78, 5) is 5.73. The maximum atomic E-state index is 9.77. The third kappa shape index (κ3) is 1.77. The second-order valence-electron chi connectivity index (χ2n) is 5.48. The number of anilines is 2. The Hall–Kier alpha value is -3.77. The molecule has 0 radical (unpaired) electrons. The van der Waals surface area contributed by atoms with Crippen LogP contribution in [0.4, 0.5) is 11.4 Å². The molecule has 0 saturated carbocycles. The lowest BCUT2D eigenvalue weighted by molar-refractivity contribution is 0.850. The number of allylic oxidation sites excluding steroid dienone is 2. The van der Waals surface area contributed by atoms with E-state index in [0.717, 1.165) is 16.9 Å². The Morgan fingerprint density at radius 3 is 2.54 bits per heavy atom. The highest BCUT2D eigenvalue weighted by Crippen LogP contribution is 2.47. The number of nitrogens with two attached hydrogens (primary N) is 1. The van der Waals surface area contributed by atoms with E-state index in [1.807, 2.05) is 36.4 Å². The van der Waals surface area contributed by atoms with Crippen LogP contribution in [0.1, 0.15) is 11.5 Å². The standard InChI is InChI=1S/C18H12N6/c19-9-12-16(11-5-7-22-8-6-11)17(21)15(10-20)24-14-4-2-1-3-13(14)23-18(12)24/h1-8,16,23H,21H2. The molecule has 2 aliphatic heterocycles. The lowest BCUT2D eigenvalue weighted by atomic mass is 9.86. The van der Waals surface area contributed by atoms with Crippen molar-refractivity contribution in [3.63, 3.8) is 0 Å². The highest BCUT2D eigenvalue weighted by Gasteiger charge is 2.39. The van der Waals surface area contributed by atoms with Crippen molar-refractivity contribution in [2.45, 2.75) is 5.92 Å². The van der Waals surface area contributed by atoms with E-state index in [-0.39, 0.29) is 0 Å². The zero-order valence-electron chi connectivity index (χ0n) is 12.6. The second kappa shape index (κ2) is 5.15. The maximum Gasteiger partial charge on any atom is 0.146 e. The number of pyridine rings is 1. The van der Waals surface area contributed by atoms with E-state index in [0.29, 0.717) is 22.8 Å². The van der Waals surface area contributed by atoms with Crippen LogP contribution >= 0.6 is 0 Å². The molecule has 2 aromatic rings. The number of hydrogen-bond donors (Lipinski definition) is 2. The van der Waals surface area contributed by atoms with Gasteiger partial charge in [-0.05, 0) is 29.8 Å². The molecule has 4 rings (SSSR count). The number of nitrogens with one attached hydrogen (secondary N) is 1. The van der Waals surface area contributed by atoms with E-state index >= 15 is 0 Å². The van der Waals surface area contributed by atoms with Gasteiger partial charge in [0.1, 0.15) is 17.6 Å². The van der Waals surface area contributed by atoms with E-state index < -0.39 is 5.92 Å². The second-order valence-corrected chi connectivity index (χ2v) is 5.48. The van der Waals surface area contributed by atoms with Gasteiger partial charge in [-0.25, -0.2) is 0 Å². The van der Waals surface area contributed by atoms with E-state index in [2.05, 4.69) is 22.4 Å². The number of para-hydroxylation sites is 2. The summed E-state index contributed by atoms with van der Waals surface area (Å²) in [7, 11) is 0. The molecule has 6 heteroatoms. The molecule has 1 unspecified atom stereocenters.